The van der Waals surface area contributed by atoms with E-state index in [9.17, 15) is 13.2 Å². The Morgan fingerprint density at radius 1 is 1.44 bits per heavy atom. The lowest BCUT2D eigenvalue weighted by molar-refractivity contribution is -0.137. The third kappa shape index (κ3) is 3.04. The number of alkyl halides is 3. The van der Waals surface area contributed by atoms with Crippen LogP contribution in [-0.4, -0.2) is 22.4 Å². The van der Waals surface area contributed by atoms with Crippen LogP contribution >= 0.6 is 0 Å². The van der Waals surface area contributed by atoms with Crippen LogP contribution in [-0.2, 0) is 6.18 Å². The van der Waals surface area contributed by atoms with E-state index in [0.717, 1.165) is 44.6 Å². The minimum absolute atomic E-state index is 0.0823. The molecule has 1 aromatic heterocycles. The molecule has 0 saturated heterocycles. The maximum absolute atomic E-state index is 12.5. The van der Waals surface area contributed by atoms with Crippen molar-refractivity contribution in [2.75, 3.05) is 6.54 Å². The van der Waals surface area contributed by atoms with Crippen LogP contribution in [0.2, 0.25) is 0 Å². The predicted molar refractivity (Wildman–Crippen MR) is 62.2 cm³/mol. The molecule has 2 unspecified atom stereocenters. The van der Waals surface area contributed by atoms with Crippen molar-refractivity contribution < 1.29 is 13.2 Å². The second-order valence-electron chi connectivity index (χ2n) is 4.78. The smallest absolute Gasteiger partial charge is 0.314 e. The molecule has 1 aliphatic carbocycles. The standard InChI is InChI=1S/C12H18F3N3/c1-2-16-10-4-3-5-11(6-10)18-8-9(7-17-18)12(13,14)15/h7-8,10-11,16H,2-6H2,1H3. The summed E-state index contributed by atoms with van der Waals surface area (Å²) in [5.41, 5.74) is -0.659. The van der Waals surface area contributed by atoms with Gasteiger partial charge in [-0.2, -0.15) is 18.3 Å². The van der Waals surface area contributed by atoms with Gasteiger partial charge in [0.05, 0.1) is 17.8 Å². The molecule has 2 atom stereocenters. The van der Waals surface area contributed by atoms with Crippen molar-refractivity contribution in [1.82, 2.24) is 15.1 Å². The molecule has 1 aliphatic rings. The first kappa shape index (κ1) is 13.4. The van der Waals surface area contributed by atoms with Gasteiger partial charge < -0.3 is 5.32 Å². The van der Waals surface area contributed by atoms with Crippen molar-refractivity contribution >= 4 is 0 Å². The van der Waals surface area contributed by atoms with Gasteiger partial charge in [-0.25, -0.2) is 0 Å². The van der Waals surface area contributed by atoms with Crippen LogP contribution in [0.3, 0.4) is 0 Å². The summed E-state index contributed by atoms with van der Waals surface area (Å²) in [6.07, 6.45) is 1.62. The molecule has 1 aromatic rings. The number of halogens is 3. The van der Waals surface area contributed by atoms with Gasteiger partial charge in [-0.1, -0.05) is 6.92 Å². The first-order valence-electron chi connectivity index (χ1n) is 6.35. The number of rotatable bonds is 3. The van der Waals surface area contributed by atoms with Gasteiger partial charge in [0.2, 0.25) is 0 Å². The van der Waals surface area contributed by atoms with E-state index in [1.165, 1.54) is 4.68 Å². The monoisotopic (exact) mass is 261 g/mol. The third-order valence-electron chi connectivity index (χ3n) is 3.44. The van der Waals surface area contributed by atoms with Crippen LogP contribution in [0.15, 0.2) is 12.4 Å². The van der Waals surface area contributed by atoms with Gasteiger partial charge in [0, 0.05) is 12.2 Å². The molecule has 0 aliphatic heterocycles. The number of nitrogens with zero attached hydrogens (tertiary/aromatic N) is 2. The van der Waals surface area contributed by atoms with E-state index in [1.54, 1.807) is 0 Å². The molecular formula is C12H18F3N3. The second-order valence-corrected chi connectivity index (χ2v) is 4.78. The highest BCUT2D eigenvalue weighted by Gasteiger charge is 2.33. The Morgan fingerprint density at radius 2 is 2.22 bits per heavy atom. The number of hydrogen-bond donors (Lipinski definition) is 1. The van der Waals surface area contributed by atoms with E-state index < -0.39 is 11.7 Å². The highest BCUT2D eigenvalue weighted by atomic mass is 19.4. The SMILES string of the molecule is CCNC1CCCC(n2cc(C(F)(F)F)cn2)C1. The number of nitrogens with one attached hydrogen (secondary N) is 1. The van der Waals surface area contributed by atoms with Crippen molar-refractivity contribution in [2.24, 2.45) is 0 Å². The van der Waals surface area contributed by atoms with Crippen molar-refractivity contribution in [3.8, 4) is 0 Å². The summed E-state index contributed by atoms with van der Waals surface area (Å²) in [4.78, 5) is 0. The molecule has 3 nitrogen and oxygen atoms in total. The van der Waals surface area contributed by atoms with Gasteiger partial charge in [-0.05, 0) is 32.2 Å². The Morgan fingerprint density at radius 3 is 2.83 bits per heavy atom. The normalized spacial score (nSPS) is 25.3. The fourth-order valence-corrected chi connectivity index (χ4v) is 2.56. The maximum atomic E-state index is 12.5. The summed E-state index contributed by atoms with van der Waals surface area (Å²) in [6, 6.07) is 0.478. The van der Waals surface area contributed by atoms with E-state index in [1.807, 2.05) is 6.92 Å². The topological polar surface area (TPSA) is 29.9 Å². The summed E-state index contributed by atoms with van der Waals surface area (Å²) in [6.45, 7) is 2.93. The van der Waals surface area contributed by atoms with Gasteiger partial charge in [0.25, 0.3) is 0 Å². The fraction of sp³-hybridized carbons (Fsp3) is 0.750. The molecule has 18 heavy (non-hydrogen) atoms. The lowest BCUT2D eigenvalue weighted by atomic mass is 9.91. The highest BCUT2D eigenvalue weighted by molar-refractivity contribution is 5.09. The number of aromatic nitrogens is 2. The Kier molecular flexibility index (Phi) is 3.94. The van der Waals surface area contributed by atoms with E-state index in [-0.39, 0.29) is 6.04 Å². The molecule has 0 radical (unpaired) electrons. The van der Waals surface area contributed by atoms with Crippen LogP contribution < -0.4 is 5.32 Å². The van der Waals surface area contributed by atoms with Crippen LogP contribution in [0.1, 0.15) is 44.2 Å². The van der Waals surface area contributed by atoms with Crippen molar-refractivity contribution in [2.45, 2.75) is 50.9 Å². The molecule has 102 valence electrons. The van der Waals surface area contributed by atoms with Crippen LogP contribution in [0.5, 0.6) is 0 Å². The van der Waals surface area contributed by atoms with E-state index in [0.29, 0.717) is 6.04 Å². The zero-order chi connectivity index (χ0) is 13.2. The quantitative estimate of drug-likeness (QED) is 0.906. The van der Waals surface area contributed by atoms with E-state index in [4.69, 9.17) is 0 Å². The Hall–Kier alpha value is -1.04. The molecule has 0 spiro atoms. The first-order valence-corrected chi connectivity index (χ1v) is 6.35. The van der Waals surface area contributed by atoms with Crippen LogP contribution in [0, 0.1) is 0 Å². The molecule has 2 rings (SSSR count). The average Bonchev–Trinajstić information content (AvgIpc) is 2.78. The van der Waals surface area contributed by atoms with Crippen molar-refractivity contribution in [3.63, 3.8) is 0 Å². The van der Waals surface area contributed by atoms with Gasteiger partial charge in [0.15, 0.2) is 0 Å². The van der Waals surface area contributed by atoms with Crippen LogP contribution in [0.4, 0.5) is 13.2 Å². The van der Waals surface area contributed by atoms with Crippen molar-refractivity contribution in [1.29, 1.82) is 0 Å². The molecular weight excluding hydrogens is 243 g/mol. The Labute approximate surface area is 104 Å². The average molecular weight is 261 g/mol. The number of hydrogen-bond acceptors (Lipinski definition) is 2. The van der Waals surface area contributed by atoms with Crippen LogP contribution in [0.25, 0.3) is 0 Å². The molecule has 1 N–H and O–H groups in total. The largest absolute Gasteiger partial charge is 0.419 e. The summed E-state index contributed by atoms with van der Waals surface area (Å²) >= 11 is 0. The maximum Gasteiger partial charge on any atom is 0.419 e. The summed E-state index contributed by atoms with van der Waals surface area (Å²) in [5.74, 6) is 0. The zero-order valence-corrected chi connectivity index (χ0v) is 10.4. The molecule has 6 heteroatoms. The predicted octanol–water partition coefficient (Wildman–Crippen LogP) is 3.00. The fourth-order valence-electron chi connectivity index (χ4n) is 2.56. The van der Waals surface area contributed by atoms with E-state index >= 15 is 0 Å². The lowest BCUT2D eigenvalue weighted by Gasteiger charge is -2.29. The van der Waals surface area contributed by atoms with Crippen molar-refractivity contribution in [3.05, 3.63) is 18.0 Å². The molecule has 1 saturated carbocycles. The minimum Gasteiger partial charge on any atom is -0.314 e. The third-order valence-corrected chi connectivity index (χ3v) is 3.44. The Balaban J connectivity index is 2.05. The Bertz CT molecular complexity index is 384. The second kappa shape index (κ2) is 5.30. The highest BCUT2D eigenvalue weighted by Crippen LogP contribution is 2.32. The van der Waals surface area contributed by atoms with Gasteiger partial charge in [0.1, 0.15) is 0 Å². The minimum atomic E-state index is -4.30. The van der Waals surface area contributed by atoms with E-state index in [2.05, 4.69) is 10.4 Å². The summed E-state index contributed by atoms with van der Waals surface area (Å²) in [7, 11) is 0. The summed E-state index contributed by atoms with van der Waals surface area (Å²) < 4.78 is 39.0. The molecule has 1 heterocycles. The first-order chi connectivity index (χ1) is 8.50. The van der Waals surface area contributed by atoms with Gasteiger partial charge >= 0.3 is 6.18 Å². The zero-order valence-electron chi connectivity index (χ0n) is 10.4. The molecule has 1 fully saturated rings. The molecule has 0 bridgehead atoms. The van der Waals surface area contributed by atoms with Gasteiger partial charge in [-0.3, -0.25) is 4.68 Å². The van der Waals surface area contributed by atoms with Gasteiger partial charge in [-0.15, -0.1) is 0 Å². The molecule has 0 aromatic carbocycles. The lowest BCUT2D eigenvalue weighted by Crippen LogP contribution is -2.34. The summed E-state index contributed by atoms with van der Waals surface area (Å²) in [5, 5.41) is 7.23. The molecule has 0 amide bonds.